The highest BCUT2D eigenvalue weighted by molar-refractivity contribution is 5.96. The lowest BCUT2D eigenvalue weighted by atomic mass is 9.85. The molecule has 0 aliphatic heterocycles. The highest BCUT2D eigenvalue weighted by Crippen LogP contribution is 2.33. The smallest absolute Gasteiger partial charge is 0.270 e. The predicted octanol–water partition coefficient (Wildman–Crippen LogP) is 3.61. The molecule has 3 aromatic rings. The van der Waals surface area contributed by atoms with E-state index in [1.54, 1.807) is 0 Å². The average Bonchev–Trinajstić information content (AvgIpc) is 2.62. The molecule has 0 spiro atoms. The Kier molecular flexibility index (Phi) is 4.19. The summed E-state index contributed by atoms with van der Waals surface area (Å²) in [5.74, 6) is 1.40. The SMILES string of the molecule is C#CC(c1ccc([N+](=O)[O-])cc1C(N)=O)c1cccc2ccccc12. The molecule has 25 heavy (non-hydrogen) atoms. The van der Waals surface area contributed by atoms with Crippen LogP contribution >= 0.6 is 0 Å². The maximum Gasteiger partial charge on any atom is 0.270 e. The number of hydrogen-bond donors (Lipinski definition) is 1. The summed E-state index contributed by atoms with van der Waals surface area (Å²) in [6, 6.07) is 17.5. The van der Waals surface area contributed by atoms with Crippen molar-refractivity contribution in [1.82, 2.24) is 0 Å². The van der Waals surface area contributed by atoms with E-state index in [1.165, 1.54) is 18.2 Å². The van der Waals surface area contributed by atoms with Gasteiger partial charge in [-0.1, -0.05) is 48.4 Å². The summed E-state index contributed by atoms with van der Waals surface area (Å²) in [5.41, 5.74) is 6.62. The van der Waals surface area contributed by atoms with Crippen LogP contribution in [-0.2, 0) is 0 Å². The lowest BCUT2D eigenvalue weighted by Crippen LogP contribution is -2.16. The minimum absolute atomic E-state index is 0.0603. The molecule has 2 N–H and O–H groups in total. The molecule has 0 aromatic heterocycles. The van der Waals surface area contributed by atoms with Gasteiger partial charge in [0.05, 0.1) is 16.4 Å². The number of rotatable bonds is 4. The summed E-state index contributed by atoms with van der Waals surface area (Å²) in [6.07, 6.45) is 5.76. The predicted molar refractivity (Wildman–Crippen MR) is 96.2 cm³/mol. The second-order valence-corrected chi connectivity index (χ2v) is 5.56. The number of nitro groups is 1. The molecular weight excluding hydrogens is 316 g/mol. The Labute approximate surface area is 144 Å². The van der Waals surface area contributed by atoms with Gasteiger partial charge in [-0.25, -0.2) is 0 Å². The number of nitrogens with two attached hydrogens (primary N) is 1. The third-order valence-corrected chi connectivity index (χ3v) is 4.13. The Morgan fingerprint density at radius 1 is 1.08 bits per heavy atom. The number of carbonyl (C=O) groups excluding carboxylic acids is 1. The first-order valence-electron chi connectivity index (χ1n) is 7.55. The summed E-state index contributed by atoms with van der Waals surface area (Å²) < 4.78 is 0. The van der Waals surface area contributed by atoms with Crippen molar-refractivity contribution in [1.29, 1.82) is 0 Å². The quantitative estimate of drug-likeness (QED) is 0.450. The van der Waals surface area contributed by atoms with Crippen molar-refractivity contribution >= 4 is 22.4 Å². The van der Waals surface area contributed by atoms with Crippen LogP contribution in [0.4, 0.5) is 5.69 Å². The molecule has 122 valence electrons. The van der Waals surface area contributed by atoms with Gasteiger partial charge in [-0.15, -0.1) is 6.42 Å². The third kappa shape index (κ3) is 2.93. The Bertz CT molecular complexity index is 1030. The van der Waals surface area contributed by atoms with Crippen LogP contribution in [-0.4, -0.2) is 10.8 Å². The maximum atomic E-state index is 11.8. The lowest BCUT2D eigenvalue weighted by molar-refractivity contribution is -0.384. The van der Waals surface area contributed by atoms with Crippen LogP contribution in [0.5, 0.6) is 0 Å². The van der Waals surface area contributed by atoms with E-state index in [4.69, 9.17) is 12.2 Å². The zero-order valence-electron chi connectivity index (χ0n) is 13.2. The summed E-state index contributed by atoms with van der Waals surface area (Å²) in [4.78, 5) is 22.3. The van der Waals surface area contributed by atoms with Crippen LogP contribution in [0.3, 0.4) is 0 Å². The molecule has 3 rings (SSSR count). The first-order chi connectivity index (χ1) is 12.0. The van der Waals surface area contributed by atoms with Crippen molar-refractivity contribution in [2.45, 2.75) is 5.92 Å². The zero-order valence-corrected chi connectivity index (χ0v) is 13.2. The topological polar surface area (TPSA) is 86.2 Å². The van der Waals surface area contributed by atoms with E-state index in [9.17, 15) is 14.9 Å². The second kappa shape index (κ2) is 6.46. The van der Waals surface area contributed by atoms with Crippen molar-refractivity contribution in [3.05, 3.63) is 87.5 Å². The molecule has 1 amide bonds. The van der Waals surface area contributed by atoms with Crippen molar-refractivity contribution < 1.29 is 9.72 Å². The number of primary amides is 1. The first-order valence-corrected chi connectivity index (χ1v) is 7.55. The van der Waals surface area contributed by atoms with E-state index in [-0.39, 0.29) is 11.3 Å². The molecule has 1 unspecified atom stereocenters. The number of non-ortho nitro benzene ring substituents is 1. The fraction of sp³-hybridized carbons (Fsp3) is 0.0500. The monoisotopic (exact) mass is 330 g/mol. The van der Waals surface area contributed by atoms with Crippen LogP contribution in [0.15, 0.2) is 60.7 Å². The fourth-order valence-corrected chi connectivity index (χ4v) is 2.97. The third-order valence-electron chi connectivity index (χ3n) is 4.13. The van der Waals surface area contributed by atoms with E-state index >= 15 is 0 Å². The number of fused-ring (bicyclic) bond motifs is 1. The molecule has 3 aromatic carbocycles. The Morgan fingerprint density at radius 2 is 1.80 bits per heavy atom. The second-order valence-electron chi connectivity index (χ2n) is 5.56. The number of amides is 1. The normalized spacial score (nSPS) is 11.6. The van der Waals surface area contributed by atoms with Crippen LogP contribution in [0.25, 0.3) is 10.8 Å². The molecule has 0 aliphatic rings. The Hall–Kier alpha value is -3.65. The van der Waals surface area contributed by atoms with E-state index in [0.29, 0.717) is 5.56 Å². The van der Waals surface area contributed by atoms with E-state index in [2.05, 4.69) is 5.92 Å². The standard InChI is InChI=1S/C20H14N2O3/c1-2-15(17-9-5-7-13-6-3-4-8-16(13)17)18-11-10-14(22(24)25)12-19(18)20(21)23/h1,3-12,15H,(H2,21,23). The van der Waals surface area contributed by atoms with Crippen molar-refractivity contribution in [2.24, 2.45) is 5.73 Å². The maximum absolute atomic E-state index is 11.8. The highest BCUT2D eigenvalue weighted by Gasteiger charge is 2.22. The van der Waals surface area contributed by atoms with E-state index < -0.39 is 16.7 Å². The molecule has 0 fully saturated rings. The molecule has 5 heteroatoms. The lowest BCUT2D eigenvalue weighted by Gasteiger charge is -2.17. The number of benzene rings is 3. The highest BCUT2D eigenvalue weighted by atomic mass is 16.6. The Morgan fingerprint density at radius 3 is 2.48 bits per heavy atom. The summed E-state index contributed by atoms with van der Waals surface area (Å²) >= 11 is 0. The molecule has 5 nitrogen and oxygen atoms in total. The molecule has 0 aliphatic carbocycles. The molecule has 0 saturated heterocycles. The number of nitro benzene ring substituents is 1. The summed E-state index contributed by atoms with van der Waals surface area (Å²) in [7, 11) is 0. The van der Waals surface area contributed by atoms with Crippen LogP contribution in [0.1, 0.15) is 27.4 Å². The summed E-state index contributed by atoms with van der Waals surface area (Å²) in [6.45, 7) is 0. The van der Waals surface area contributed by atoms with Gasteiger partial charge in [0.25, 0.3) is 5.69 Å². The van der Waals surface area contributed by atoms with Gasteiger partial charge < -0.3 is 5.73 Å². The van der Waals surface area contributed by atoms with Gasteiger partial charge >= 0.3 is 0 Å². The summed E-state index contributed by atoms with van der Waals surface area (Å²) in [5, 5.41) is 13.0. The van der Waals surface area contributed by atoms with Gasteiger partial charge in [0.2, 0.25) is 5.91 Å². The minimum Gasteiger partial charge on any atom is -0.366 e. The minimum atomic E-state index is -0.751. The fourth-order valence-electron chi connectivity index (χ4n) is 2.97. The van der Waals surface area contributed by atoms with Crippen LogP contribution < -0.4 is 5.73 Å². The van der Waals surface area contributed by atoms with Crippen LogP contribution in [0, 0.1) is 22.5 Å². The van der Waals surface area contributed by atoms with E-state index in [0.717, 1.165) is 16.3 Å². The molecule has 0 radical (unpaired) electrons. The van der Waals surface area contributed by atoms with Crippen molar-refractivity contribution in [2.75, 3.05) is 0 Å². The van der Waals surface area contributed by atoms with Crippen LogP contribution in [0.2, 0.25) is 0 Å². The van der Waals surface area contributed by atoms with Gasteiger partial charge in [0.1, 0.15) is 0 Å². The van der Waals surface area contributed by atoms with Crippen molar-refractivity contribution in [3.8, 4) is 12.3 Å². The van der Waals surface area contributed by atoms with Gasteiger partial charge in [-0.2, -0.15) is 0 Å². The number of terminal acetylenes is 1. The van der Waals surface area contributed by atoms with Gasteiger partial charge in [0, 0.05) is 12.1 Å². The van der Waals surface area contributed by atoms with Crippen molar-refractivity contribution in [3.63, 3.8) is 0 Å². The van der Waals surface area contributed by atoms with Gasteiger partial charge in [-0.05, 0) is 28.0 Å². The Balaban J connectivity index is 2.24. The van der Waals surface area contributed by atoms with E-state index in [1.807, 2.05) is 42.5 Å². The average molecular weight is 330 g/mol. The molecule has 1 atom stereocenters. The molecule has 0 heterocycles. The first kappa shape index (κ1) is 16.2. The molecule has 0 saturated carbocycles. The molecule has 0 bridgehead atoms. The van der Waals surface area contributed by atoms with Gasteiger partial charge in [0.15, 0.2) is 0 Å². The molecular formula is C20H14N2O3. The number of carbonyl (C=O) groups is 1. The zero-order chi connectivity index (χ0) is 18.0. The number of nitrogens with zero attached hydrogens (tertiary/aromatic N) is 1. The van der Waals surface area contributed by atoms with Gasteiger partial charge in [-0.3, -0.25) is 14.9 Å². The largest absolute Gasteiger partial charge is 0.366 e. The number of hydrogen-bond acceptors (Lipinski definition) is 3.